The van der Waals surface area contributed by atoms with Crippen molar-refractivity contribution in [2.24, 2.45) is 40.4 Å². The Morgan fingerprint density at radius 1 is 1.00 bits per heavy atom. The fourth-order valence-electron chi connectivity index (χ4n) is 7.77. The summed E-state index contributed by atoms with van der Waals surface area (Å²) in [7, 11) is 0. The van der Waals surface area contributed by atoms with Gasteiger partial charge in [-0.05, 0) is 92.3 Å². The summed E-state index contributed by atoms with van der Waals surface area (Å²) < 4.78 is 5.84. The zero-order valence-electron chi connectivity index (χ0n) is 15.5. The van der Waals surface area contributed by atoms with Crippen LogP contribution in [0.4, 0.5) is 0 Å². The molecule has 0 spiro atoms. The normalized spacial score (nSPS) is 53.2. The largest absolute Gasteiger partial charge is 0.499 e. The van der Waals surface area contributed by atoms with Crippen molar-refractivity contribution in [1.82, 2.24) is 0 Å². The second-order valence-electron chi connectivity index (χ2n) is 9.67. The number of ether oxygens (including phenoxy) is 1. The van der Waals surface area contributed by atoms with Gasteiger partial charge in [-0.2, -0.15) is 5.26 Å². The van der Waals surface area contributed by atoms with Crippen LogP contribution in [0.1, 0.15) is 71.6 Å². The summed E-state index contributed by atoms with van der Waals surface area (Å²) in [6, 6.07) is 2.66. The molecule has 0 amide bonds. The van der Waals surface area contributed by atoms with E-state index in [2.05, 4.69) is 26.5 Å². The molecule has 2 heteroatoms. The highest BCUT2D eigenvalue weighted by atomic mass is 16.5. The van der Waals surface area contributed by atoms with Crippen LogP contribution in [-0.2, 0) is 4.74 Å². The van der Waals surface area contributed by atoms with Crippen LogP contribution in [0.3, 0.4) is 0 Å². The smallest absolute Gasteiger partial charge is 0.0983 e. The molecule has 132 valence electrons. The maximum atomic E-state index is 9.62. The lowest BCUT2D eigenvalue weighted by Crippen LogP contribution is -2.54. The Labute approximate surface area is 147 Å². The second-order valence-corrected chi connectivity index (χ2v) is 9.67. The maximum absolute atomic E-state index is 9.62. The third-order valence-corrected chi connectivity index (χ3v) is 9.01. The molecular formula is C22H33NO. The molecule has 0 aromatic heterocycles. The predicted molar refractivity (Wildman–Crippen MR) is 95.9 cm³/mol. The SMILES string of the molecule is C=COC1CCC2CCC3C4CCC(C#N)C4(C)CCC3C2(C)C1. The van der Waals surface area contributed by atoms with Crippen LogP contribution in [0.25, 0.3) is 0 Å². The topological polar surface area (TPSA) is 33.0 Å². The van der Waals surface area contributed by atoms with E-state index in [1.54, 1.807) is 6.26 Å². The van der Waals surface area contributed by atoms with E-state index < -0.39 is 0 Å². The molecule has 0 aliphatic heterocycles. The van der Waals surface area contributed by atoms with Gasteiger partial charge in [-0.15, -0.1) is 0 Å². The van der Waals surface area contributed by atoms with Gasteiger partial charge in [0.25, 0.3) is 0 Å². The van der Waals surface area contributed by atoms with Crippen molar-refractivity contribution in [2.45, 2.75) is 77.7 Å². The van der Waals surface area contributed by atoms with Crippen LogP contribution in [0, 0.1) is 51.8 Å². The molecule has 0 bridgehead atoms. The second kappa shape index (κ2) is 5.79. The van der Waals surface area contributed by atoms with E-state index in [9.17, 15) is 5.26 Å². The summed E-state index contributed by atoms with van der Waals surface area (Å²) in [6.45, 7) is 8.79. The van der Waals surface area contributed by atoms with E-state index in [0.717, 1.165) is 30.1 Å². The summed E-state index contributed by atoms with van der Waals surface area (Å²) >= 11 is 0. The van der Waals surface area contributed by atoms with Gasteiger partial charge in [0.15, 0.2) is 0 Å². The lowest BCUT2D eigenvalue weighted by Gasteiger charge is -2.60. The number of hydrogen-bond acceptors (Lipinski definition) is 2. The molecule has 2 nitrogen and oxygen atoms in total. The highest BCUT2D eigenvalue weighted by Gasteiger charge is 2.60. The number of hydrogen-bond donors (Lipinski definition) is 0. The molecular weight excluding hydrogens is 294 g/mol. The van der Waals surface area contributed by atoms with Gasteiger partial charge in [-0.3, -0.25) is 0 Å². The standard InChI is InChI=1S/C22H33NO/c1-4-24-17-8-5-15-6-9-18-19-10-7-16(14-23)21(19,2)12-11-20(18)22(15,3)13-17/h4,15-20H,1,5-13H2,2-3H3. The molecule has 0 saturated heterocycles. The summed E-state index contributed by atoms with van der Waals surface area (Å²) in [5.41, 5.74) is 0.742. The Balaban J connectivity index is 1.60. The first-order valence-corrected chi connectivity index (χ1v) is 10.2. The zero-order chi connectivity index (χ0) is 16.9. The summed E-state index contributed by atoms with van der Waals surface area (Å²) in [5.74, 6) is 3.69. The molecule has 0 N–H and O–H groups in total. The van der Waals surface area contributed by atoms with Crippen LogP contribution in [0.5, 0.6) is 0 Å². The molecule has 0 heterocycles. The van der Waals surface area contributed by atoms with Gasteiger partial charge < -0.3 is 4.74 Å². The number of nitrogens with zero attached hydrogens (tertiary/aromatic N) is 1. The number of nitriles is 1. The average Bonchev–Trinajstić information content (AvgIpc) is 2.90. The minimum absolute atomic E-state index is 0.296. The minimum atomic E-state index is 0.296. The van der Waals surface area contributed by atoms with Gasteiger partial charge >= 0.3 is 0 Å². The Bertz CT molecular complexity index is 551. The first-order chi connectivity index (χ1) is 11.5. The zero-order valence-corrected chi connectivity index (χ0v) is 15.5. The van der Waals surface area contributed by atoms with Crippen LogP contribution in [0.15, 0.2) is 12.8 Å². The third kappa shape index (κ3) is 2.19. The lowest BCUT2D eigenvalue weighted by atomic mass is 9.44. The van der Waals surface area contributed by atoms with Crippen molar-refractivity contribution in [1.29, 1.82) is 5.26 Å². The van der Waals surface area contributed by atoms with Gasteiger partial charge in [0.05, 0.1) is 24.4 Å². The van der Waals surface area contributed by atoms with Gasteiger partial charge in [0.1, 0.15) is 0 Å². The average molecular weight is 328 g/mol. The van der Waals surface area contributed by atoms with Crippen molar-refractivity contribution in [3.8, 4) is 6.07 Å². The third-order valence-electron chi connectivity index (χ3n) is 9.01. The Kier molecular flexibility index (Phi) is 3.98. The van der Waals surface area contributed by atoms with Gasteiger partial charge in [-0.1, -0.05) is 20.4 Å². The molecule has 0 aromatic rings. The highest BCUT2D eigenvalue weighted by Crippen LogP contribution is 2.67. The molecule has 8 unspecified atom stereocenters. The number of rotatable bonds is 2. The van der Waals surface area contributed by atoms with Crippen molar-refractivity contribution in [3.05, 3.63) is 12.8 Å². The van der Waals surface area contributed by atoms with Gasteiger partial charge in [-0.25, -0.2) is 0 Å². The molecule has 4 fully saturated rings. The molecule has 0 radical (unpaired) electrons. The van der Waals surface area contributed by atoms with Gasteiger partial charge in [0.2, 0.25) is 0 Å². The van der Waals surface area contributed by atoms with E-state index >= 15 is 0 Å². The van der Waals surface area contributed by atoms with Crippen molar-refractivity contribution >= 4 is 0 Å². The van der Waals surface area contributed by atoms with Gasteiger partial charge in [0, 0.05) is 0 Å². The van der Waals surface area contributed by atoms with E-state index in [-0.39, 0.29) is 0 Å². The van der Waals surface area contributed by atoms with Crippen LogP contribution < -0.4 is 0 Å². The summed E-state index contributed by atoms with van der Waals surface area (Å²) in [6.07, 6.45) is 13.7. The number of fused-ring (bicyclic) bond motifs is 5. The fourth-order valence-corrected chi connectivity index (χ4v) is 7.77. The van der Waals surface area contributed by atoms with E-state index in [1.165, 1.54) is 51.4 Å². The van der Waals surface area contributed by atoms with E-state index in [0.29, 0.717) is 22.9 Å². The monoisotopic (exact) mass is 327 g/mol. The van der Waals surface area contributed by atoms with Crippen molar-refractivity contribution in [3.63, 3.8) is 0 Å². The fraction of sp³-hybridized carbons (Fsp3) is 0.864. The Hall–Kier alpha value is -0.970. The van der Waals surface area contributed by atoms with Crippen LogP contribution in [-0.4, -0.2) is 6.10 Å². The van der Waals surface area contributed by atoms with Crippen molar-refractivity contribution < 1.29 is 4.74 Å². The predicted octanol–water partition coefficient (Wildman–Crippen LogP) is 5.70. The molecule has 4 rings (SSSR count). The molecule has 4 aliphatic rings. The van der Waals surface area contributed by atoms with E-state index in [4.69, 9.17) is 4.74 Å². The molecule has 24 heavy (non-hydrogen) atoms. The first kappa shape index (κ1) is 16.5. The Morgan fingerprint density at radius 2 is 1.75 bits per heavy atom. The highest BCUT2D eigenvalue weighted by molar-refractivity contribution is 5.12. The maximum Gasteiger partial charge on any atom is 0.0983 e. The molecule has 0 aromatic carbocycles. The van der Waals surface area contributed by atoms with Crippen LogP contribution in [0.2, 0.25) is 0 Å². The quantitative estimate of drug-likeness (QED) is 0.610. The van der Waals surface area contributed by atoms with Crippen molar-refractivity contribution in [2.75, 3.05) is 0 Å². The van der Waals surface area contributed by atoms with Crippen LogP contribution >= 0.6 is 0 Å². The molecule has 8 atom stereocenters. The minimum Gasteiger partial charge on any atom is -0.499 e. The summed E-state index contributed by atoms with van der Waals surface area (Å²) in [4.78, 5) is 0. The molecule has 4 aliphatic carbocycles. The first-order valence-electron chi connectivity index (χ1n) is 10.2. The summed E-state index contributed by atoms with van der Waals surface area (Å²) in [5, 5.41) is 9.62. The molecule has 4 saturated carbocycles. The lowest BCUT2D eigenvalue weighted by molar-refractivity contribution is -0.129. The van der Waals surface area contributed by atoms with E-state index in [1.807, 2.05) is 0 Å². The Morgan fingerprint density at radius 3 is 2.50 bits per heavy atom.